The van der Waals surface area contributed by atoms with Crippen molar-refractivity contribution >= 4 is 27.5 Å². The fourth-order valence-electron chi connectivity index (χ4n) is 2.65. The number of sulfonamides is 1. The van der Waals surface area contributed by atoms with Crippen LogP contribution in [0.1, 0.15) is 27.0 Å². The van der Waals surface area contributed by atoms with Crippen molar-refractivity contribution in [3.8, 4) is 0 Å². The molecule has 0 N–H and O–H groups in total. The summed E-state index contributed by atoms with van der Waals surface area (Å²) in [5, 5.41) is 0. The van der Waals surface area contributed by atoms with Crippen LogP contribution in [0.15, 0.2) is 42.5 Å². The van der Waals surface area contributed by atoms with Gasteiger partial charge in [-0.25, -0.2) is 8.42 Å². The molecule has 0 aromatic heterocycles. The molecule has 0 heterocycles. The molecule has 0 saturated heterocycles. The third-order valence-electron chi connectivity index (χ3n) is 4.11. The second-order valence-electron chi connectivity index (χ2n) is 6.46. The molecular formula is C20H23NO5S. The van der Waals surface area contributed by atoms with Crippen molar-refractivity contribution in [1.82, 2.24) is 0 Å². The van der Waals surface area contributed by atoms with Gasteiger partial charge < -0.3 is 4.74 Å². The molecule has 0 aliphatic heterocycles. The van der Waals surface area contributed by atoms with Gasteiger partial charge in [0.25, 0.3) is 0 Å². The zero-order valence-electron chi connectivity index (χ0n) is 15.9. The van der Waals surface area contributed by atoms with E-state index in [1.807, 2.05) is 19.1 Å². The zero-order valence-corrected chi connectivity index (χ0v) is 16.7. The van der Waals surface area contributed by atoms with Crippen LogP contribution in [0, 0.1) is 20.8 Å². The Hall–Kier alpha value is -2.67. The number of esters is 1. The Morgan fingerprint density at radius 3 is 2.30 bits per heavy atom. The number of anilines is 1. The van der Waals surface area contributed by atoms with Crippen molar-refractivity contribution in [2.75, 3.05) is 23.7 Å². The Balaban J connectivity index is 2.10. The van der Waals surface area contributed by atoms with Gasteiger partial charge in [0.15, 0.2) is 6.61 Å². The molecule has 0 atom stereocenters. The van der Waals surface area contributed by atoms with Gasteiger partial charge in [0.2, 0.25) is 15.8 Å². The fraction of sp³-hybridized carbons (Fsp3) is 0.300. The van der Waals surface area contributed by atoms with Crippen LogP contribution in [0.5, 0.6) is 0 Å². The van der Waals surface area contributed by atoms with Crippen LogP contribution in [0.3, 0.4) is 0 Å². The first-order chi connectivity index (χ1) is 12.6. The summed E-state index contributed by atoms with van der Waals surface area (Å²) in [6, 6.07) is 12.3. The highest BCUT2D eigenvalue weighted by molar-refractivity contribution is 7.92. The van der Waals surface area contributed by atoms with Gasteiger partial charge in [-0.2, -0.15) is 0 Å². The van der Waals surface area contributed by atoms with Gasteiger partial charge >= 0.3 is 5.97 Å². The molecule has 144 valence electrons. The number of hydrogen-bond donors (Lipinski definition) is 0. The Labute approximate surface area is 159 Å². The number of nitrogens with zero attached hydrogens (tertiary/aromatic N) is 1. The molecule has 0 amide bonds. The Morgan fingerprint density at radius 1 is 1.00 bits per heavy atom. The number of ether oxygens (including phenoxy) is 1. The molecule has 2 aromatic carbocycles. The van der Waals surface area contributed by atoms with E-state index in [-0.39, 0.29) is 5.78 Å². The minimum Gasteiger partial charge on any atom is -0.456 e. The van der Waals surface area contributed by atoms with Crippen molar-refractivity contribution in [2.24, 2.45) is 0 Å². The van der Waals surface area contributed by atoms with Crippen LogP contribution >= 0.6 is 0 Å². The number of ketones is 1. The SMILES string of the molecule is Cc1ccc(C)c(C(=O)COC(=O)CN(c2ccccc2C)S(C)(=O)=O)c1. The van der Waals surface area contributed by atoms with Crippen LogP contribution < -0.4 is 4.31 Å². The normalized spacial score (nSPS) is 11.1. The van der Waals surface area contributed by atoms with Crippen molar-refractivity contribution in [3.63, 3.8) is 0 Å². The highest BCUT2D eigenvalue weighted by Crippen LogP contribution is 2.22. The second kappa shape index (κ2) is 8.35. The molecule has 27 heavy (non-hydrogen) atoms. The molecule has 0 aliphatic rings. The van der Waals surface area contributed by atoms with Crippen LogP contribution in [0.4, 0.5) is 5.69 Å². The number of carbonyl (C=O) groups excluding carboxylic acids is 2. The topological polar surface area (TPSA) is 80.8 Å². The summed E-state index contributed by atoms with van der Waals surface area (Å²) in [6.45, 7) is 4.49. The lowest BCUT2D eigenvalue weighted by molar-refractivity contribution is -0.140. The van der Waals surface area contributed by atoms with E-state index in [2.05, 4.69) is 0 Å². The zero-order chi connectivity index (χ0) is 20.2. The van der Waals surface area contributed by atoms with Gasteiger partial charge in [0, 0.05) is 5.56 Å². The quantitative estimate of drug-likeness (QED) is 0.537. The Kier molecular flexibility index (Phi) is 6.38. The summed E-state index contributed by atoms with van der Waals surface area (Å²) in [6.07, 6.45) is 1.02. The summed E-state index contributed by atoms with van der Waals surface area (Å²) >= 11 is 0. The van der Waals surface area contributed by atoms with E-state index < -0.39 is 29.1 Å². The number of para-hydroxylation sites is 1. The molecule has 0 saturated carbocycles. The van der Waals surface area contributed by atoms with E-state index in [0.29, 0.717) is 16.8 Å². The first kappa shape index (κ1) is 20.6. The molecule has 0 fully saturated rings. The van der Waals surface area contributed by atoms with Crippen molar-refractivity contribution in [1.29, 1.82) is 0 Å². The number of rotatable bonds is 7. The van der Waals surface area contributed by atoms with Crippen molar-refractivity contribution < 1.29 is 22.7 Å². The number of hydrogen-bond acceptors (Lipinski definition) is 5. The van der Waals surface area contributed by atoms with Crippen LogP contribution in [-0.2, 0) is 19.6 Å². The molecule has 6 nitrogen and oxygen atoms in total. The maximum atomic E-state index is 12.3. The minimum atomic E-state index is -3.69. The number of aryl methyl sites for hydroxylation is 3. The Bertz CT molecular complexity index is 966. The van der Waals surface area contributed by atoms with Gasteiger partial charge in [-0.15, -0.1) is 0 Å². The van der Waals surface area contributed by atoms with E-state index in [1.165, 1.54) is 0 Å². The summed E-state index contributed by atoms with van der Waals surface area (Å²) in [5.41, 5.74) is 3.32. The Morgan fingerprint density at radius 2 is 1.67 bits per heavy atom. The lowest BCUT2D eigenvalue weighted by atomic mass is 10.0. The van der Waals surface area contributed by atoms with Gasteiger partial charge in [0.1, 0.15) is 6.54 Å². The number of benzene rings is 2. The van der Waals surface area contributed by atoms with E-state index in [1.54, 1.807) is 44.2 Å². The summed E-state index contributed by atoms with van der Waals surface area (Å²) < 4.78 is 30.2. The number of carbonyl (C=O) groups is 2. The molecule has 0 unspecified atom stereocenters. The molecule has 0 aliphatic carbocycles. The maximum Gasteiger partial charge on any atom is 0.327 e. The molecule has 0 radical (unpaired) electrons. The van der Waals surface area contributed by atoms with Gasteiger partial charge in [0.05, 0.1) is 11.9 Å². The second-order valence-corrected chi connectivity index (χ2v) is 8.37. The average molecular weight is 389 g/mol. The van der Waals surface area contributed by atoms with E-state index in [9.17, 15) is 18.0 Å². The van der Waals surface area contributed by atoms with Crippen LogP contribution in [-0.4, -0.2) is 39.6 Å². The minimum absolute atomic E-state index is 0.327. The molecule has 0 bridgehead atoms. The predicted octanol–water partition coefficient (Wildman–Crippen LogP) is 2.80. The molecule has 2 rings (SSSR count). The third kappa shape index (κ3) is 5.40. The molecule has 0 spiro atoms. The predicted molar refractivity (Wildman–Crippen MR) is 105 cm³/mol. The fourth-order valence-corrected chi connectivity index (χ4v) is 3.55. The maximum absolute atomic E-state index is 12.3. The van der Waals surface area contributed by atoms with Crippen molar-refractivity contribution in [3.05, 3.63) is 64.7 Å². The van der Waals surface area contributed by atoms with Crippen LogP contribution in [0.25, 0.3) is 0 Å². The third-order valence-corrected chi connectivity index (χ3v) is 5.24. The van der Waals surface area contributed by atoms with Crippen LogP contribution in [0.2, 0.25) is 0 Å². The average Bonchev–Trinajstić information content (AvgIpc) is 2.59. The summed E-state index contributed by atoms with van der Waals surface area (Å²) in [4.78, 5) is 24.5. The van der Waals surface area contributed by atoms with Gasteiger partial charge in [-0.1, -0.05) is 35.9 Å². The van der Waals surface area contributed by atoms with E-state index >= 15 is 0 Å². The molecule has 7 heteroatoms. The monoisotopic (exact) mass is 389 g/mol. The first-order valence-electron chi connectivity index (χ1n) is 8.39. The largest absolute Gasteiger partial charge is 0.456 e. The molecule has 2 aromatic rings. The van der Waals surface area contributed by atoms with Gasteiger partial charge in [-0.05, 0) is 44.0 Å². The highest BCUT2D eigenvalue weighted by Gasteiger charge is 2.23. The lowest BCUT2D eigenvalue weighted by Gasteiger charge is -2.23. The summed E-state index contributed by atoms with van der Waals surface area (Å²) in [7, 11) is -3.69. The lowest BCUT2D eigenvalue weighted by Crippen LogP contribution is -2.36. The first-order valence-corrected chi connectivity index (χ1v) is 10.2. The number of Topliss-reactive ketones (excluding diaryl/α,β-unsaturated/α-hetero) is 1. The van der Waals surface area contributed by atoms with Crippen molar-refractivity contribution in [2.45, 2.75) is 20.8 Å². The van der Waals surface area contributed by atoms with Gasteiger partial charge in [-0.3, -0.25) is 13.9 Å². The summed E-state index contributed by atoms with van der Waals surface area (Å²) in [5.74, 6) is -1.12. The van der Waals surface area contributed by atoms with E-state index in [4.69, 9.17) is 4.74 Å². The smallest absolute Gasteiger partial charge is 0.327 e. The highest BCUT2D eigenvalue weighted by atomic mass is 32.2. The molecular weight excluding hydrogens is 366 g/mol. The van der Waals surface area contributed by atoms with E-state index in [0.717, 1.165) is 21.7 Å². The standard InChI is InChI=1S/C20H23NO5S/c1-14-9-10-15(2)17(11-14)19(22)13-26-20(23)12-21(27(4,24)25)18-8-6-5-7-16(18)3/h5-11H,12-13H2,1-4H3.